The number of anilines is 2. The van der Waals surface area contributed by atoms with E-state index in [9.17, 15) is 18.0 Å². The molecule has 0 bridgehead atoms. The maximum atomic E-state index is 13.7. The third kappa shape index (κ3) is 6.61. The van der Waals surface area contributed by atoms with Gasteiger partial charge in [0.1, 0.15) is 0 Å². The first-order valence-corrected chi connectivity index (χ1v) is 14.0. The van der Waals surface area contributed by atoms with Crippen LogP contribution in [0.25, 0.3) is 0 Å². The average Bonchev–Trinajstić information content (AvgIpc) is 2.95. The van der Waals surface area contributed by atoms with Crippen molar-refractivity contribution < 1.29 is 18.0 Å². The molecule has 0 aromatic heterocycles. The molecular weight excluding hydrogens is 513 g/mol. The molecule has 8 heteroatoms. The fourth-order valence-corrected chi connectivity index (χ4v) is 5.85. The van der Waals surface area contributed by atoms with Gasteiger partial charge in [-0.1, -0.05) is 54.1 Å². The van der Waals surface area contributed by atoms with E-state index in [1.807, 2.05) is 50.2 Å². The van der Waals surface area contributed by atoms with Gasteiger partial charge in [0.05, 0.1) is 5.56 Å². The van der Waals surface area contributed by atoms with Gasteiger partial charge in [0.15, 0.2) is 0 Å². The van der Waals surface area contributed by atoms with Gasteiger partial charge >= 0.3 is 12.2 Å². The van der Waals surface area contributed by atoms with Crippen LogP contribution in [0.5, 0.6) is 0 Å². The van der Waals surface area contributed by atoms with E-state index in [-0.39, 0.29) is 6.03 Å². The molecule has 0 saturated carbocycles. The second-order valence-electron chi connectivity index (χ2n) is 11.0. The number of carbonyl (C=O) groups excluding carboxylic acids is 1. The lowest BCUT2D eigenvalue weighted by Gasteiger charge is -2.38. The highest BCUT2D eigenvalue weighted by atomic mass is 19.4. The summed E-state index contributed by atoms with van der Waals surface area (Å²) in [7, 11) is 0. The molecule has 2 fully saturated rings. The molecule has 3 aromatic rings. The lowest BCUT2D eigenvalue weighted by atomic mass is 9.89. The minimum Gasteiger partial charge on any atom is -0.371 e. The highest BCUT2D eigenvalue weighted by molar-refractivity contribution is 5.90. The zero-order chi connectivity index (χ0) is 28.3. The molecule has 2 amide bonds. The number of hydrogen-bond donors (Lipinski definition) is 1. The predicted octanol–water partition coefficient (Wildman–Crippen LogP) is 7.06. The van der Waals surface area contributed by atoms with Crippen LogP contribution in [-0.4, -0.2) is 55.1 Å². The minimum absolute atomic E-state index is 0.122. The second-order valence-corrected chi connectivity index (χ2v) is 11.0. The number of rotatable bonds is 5. The average molecular weight is 551 g/mol. The van der Waals surface area contributed by atoms with Gasteiger partial charge < -0.3 is 15.1 Å². The largest absolute Gasteiger partial charge is 0.416 e. The van der Waals surface area contributed by atoms with Crippen molar-refractivity contribution in [3.63, 3.8) is 0 Å². The summed E-state index contributed by atoms with van der Waals surface area (Å²) in [6.45, 7) is 8.45. The van der Waals surface area contributed by atoms with Gasteiger partial charge in [-0.25, -0.2) is 4.79 Å². The Bertz CT molecular complexity index is 1310. The van der Waals surface area contributed by atoms with Crippen molar-refractivity contribution >= 4 is 17.4 Å². The first-order chi connectivity index (χ1) is 19.2. The number of piperazine rings is 1. The molecule has 1 N–H and O–H groups in total. The molecule has 2 aliphatic rings. The van der Waals surface area contributed by atoms with Gasteiger partial charge in [-0.05, 0) is 67.5 Å². The fourth-order valence-electron chi connectivity index (χ4n) is 5.85. The Hall–Kier alpha value is -3.52. The number of halogens is 3. The van der Waals surface area contributed by atoms with Gasteiger partial charge in [-0.15, -0.1) is 0 Å². The molecule has 2 heterocycles. The topological polar surface area (TPSA) is 38.8 Å². The normalized spacial score (nSPS) is 17.2. The third-order valence-electron chi connectivity index (χ3n) is 8.20. The molecule has 5 nitrogen and oxygen atoms in total. The van der Waals surface area contributed by atoms with E-state index < -0.39 is 11.7 Å². The van der Waals surface area contributed by atoms with Crippen molar-refractivity contribution in [3.8, 4) is 0 Å². The van der Waals surface area contributed by atoms with Gasteiger partial charge in [-0.3, -0.25) is 4.90 Å². The molecule has 0 atom stereocenters. The van der Waals surface area contributed by atoms with Crippen LogP contribution >= 0.6 is 0 Å². The molecule has 2 aliphatic heterocycles. The summed E-state index contributed by atoms with van der Waals surface area (Å²) in [5.74, 6) is 0.426. The Morgan fingerprint density at radius 1 is 0.875 bits per heavy atom. The Balaban J connectivity index is 1.23. The Morgan fingerprint density at radius 3 is 2.23 bits per heavy atom. The van der Waals surface area contributed by atoms with Gasteiger partial charge in [0, 0.05) is 57.2 Å². The number of benzene rings is 3. The summed E-state index contributed by atoms with van der Waals surface area (Å²) in [5, 5.41) is 3.01. The highest BCUT2D eigenvalue weighted by Gasteiger charge is 2.33. The summed E-state index contributed by atoms with van der Waals surface area (Å²) >= 11 is 0. The standard InChI is InChI=1S/C32H37F3N4O/c1-23-8-11-29(24(2)20-23)36-31(40)39-18-16-37(17-19-39)22-27-9-10-28(32(33,34)35)21-30(27)38-14-12-26(13-15-38)25-6-4-3-5-7-25/h3-11,20-21,26H,12-19,22H2,1-2H3,(H,36,40). The van der Waals surface area contributed by atoms with Crippen molar-refractivity contribution in [1.82, 2.24) is 9.80 Å². The third-order valence-corrected chi connectivity index (χ3v) is 8.20. The van der Waals surface area contributed by atoms with Crippen LogP contribution in [0.3, 0.4) is 0 Å². The number of piperidine rings is 1. The summed E-state index contributed by atoms with van der Waals surface area (Å²) in [4.78, 5) is 19.0. The van der Waals surface area contributed by atoms with Gasteiger partial charge in [-0.2, -0.15) is 13.2 Å². The smallest absolute Gasteiger partial charge is 0.371 e. The monoisotopic (exact) mass is 550 g/mol. The number of amides is 2. The number of aryl methyl sites for hydroxylation is 2. The van der Waals surface area contributed by atoms with Crippen LogP contribution in [-0.2, 0) is 12.7 Å². The molecule has 0 spiro atoms. The minimum atomic E-state index is -4.38. The van der Waals surface area contributed by atoms with Crippen LogP contribution in [0.4, 0.5) is 29.3 Å². The van der Waals surface area contributed by atoms with Crippen molar-refractivity contribution in [1.29, 1.82) is 0 Å². The zero-order valence-corrected chi connectivity index (χ0v) is 23.2. The molecule has 2 saturated heterocycles. The van der Waals surface area contributed by atoms with E-state index in [1.54, 1.807) is 11.0 Å². The number of nitrogens with zero attached hydrogens (tertiary/aromatic N) is 3. The fraction of sp³-hybridized carbons (Fsp3) is 0.406. The lowest BCUT2D eigenvalue weighted by Crippen LogP contribution is -2.49. The number of hydrogen-bond acceptors (Lipinski definition) is 3. The van der Waals surface area contributed by atoms with E-state index in [0.717, 1.165) is 48.3 Å². The molecule has 40 heavy (non-hydrogen) atoms. The van der Waals surface area contributed by atoms with Gasteiger partial charge in [0.25, 0.3) is 0 Å². The molecule has 212 valence electrons. The molecular formula is C32H37F3N4O. The first kappa shape index (κ1) is 28.0. The van der Waals surface area contributed by atoms with Crippen molar-refractivity contribution in [3.05, 3.63) is 94.5 Å². The summed E-state index contributed by atoms with van der Waals surface area (Å²) in [5.41, 5.74) is 5.25. The lowest BCUT2D eigenvalue weighted by molar-refractivity contribution is -0.137. The van der Waals surface area contributed by atoms with E-state index in [2.05, 4.69) is 27.2 Å². The van der Waals surface area contributed by atoms with Gasteiger partial charge in [0.2, 0.25) is 0 Å². The quantitative estimate of drug-likeness (QED) is 0.370. The van der Waals surface area contributed by atoms with E-state index in [1.165, 1.54) is 17.7 Å². The Morgan fingerprint density at radius 2 is 1.57 bits per heavy atom. The molecule has 5 rings (SSSR count). The van der Waals surface area contributed by atoms with E-state index >= 15 is 0 Å². The maximum Gasteiger partial charge on any atom is 0.416 e. The van der Waals surface area contributed by atoms with Crippen LogP contribution in [0.2, 0.25) is 0 Å². The number of nitrogens with one attached hydrogen (secondary N) is 1. The molecule has 0 unspecified atom stereocenters. The Kier molecular flexibility index (Phi) is 8.35. The van der Waals surface area contributed by atoms with Crippen LogP contribution in [0.1, 0.15) is 46.6 Å². The first-order valence-electron chi connectivity index (χ1n) is 14.0. The Labute approximate surface area is 234 Å². The van der Waals surface area contributed by atoms with Crippen LogP contribution in [0.15, 0.2) is 66.7 Å². The molecule has 0 radical (unpaired) electrons. The summed E-state index contributed by atoms with van der Waals surface area (Å²) in [6, 6.07) is 20.3. The maximum absolute atomic E-state index is 13.7. The number of carbonyl (C=O) groups is 1. The molecule has 3 aromatic carbocycles. The van der Waals surface area contributed by atoms with Crippen molar-refractivity contribution in [2.45, 2.75) is 45.3 Å². The second kappa shape index (κ2) is 11.9. The van der Waals surface area contributed by atoms with Crippen LogP contribution in [0, 0.1) is 13.8 Å². The van der Waals surface area contributed by atoms with Crippen LogP contribution < -0.4 is 10.2 Å². The SMILES string of the molecule is Cc1ccc(NC(=O)N2CCN(Cc3ccc(C(F)(F)F)cc3N3CCC(c4ccccc4)CC3)CC2)c(C)c1. The zero-order valence-electron chi connectivity index (χ0n) is 23.2. The van der Waals surface area contributed by atoms with E-state index in [0.29, 0.717) is 44.3 Å². The van der Waals surface area contributed by atoms with Crippen molar-refractivity contribution in [2.24, 2.45) is 0 Å². The summed E-state index contributed by atoms with van der Waals surface area (Å²) < 4.78 is 41.0. The van der Waals surface area contributed by atoms with E-state index in [4.69, 9.17) is 0 Å². The summed E-state index contributed by atoms with van der Waals surface area (Å²) in [6.07, 6.45) is -2.56. The predicted molar refractivity (Wildman–Crippen MR) is 154 cm³/mol. The number of urea groups is 1. The number of alkyl halides is 3. The van der Waals surface area contributed by atoms with Crippen molar-refractivity contribution in [2.75, 3.05) is 49.5 Å². The highest BCUT2D eigenvalue weighted by Crippen LogP contribution is 2.37. The molecule has 0 aliphatic carbocycles.